The summed E-state index contributed by atoms with van der Waals surface area (Å²) in [6, 6.07) is 6.95. The van der Waals surface area contributed by atoms with Gasteiger partial charge < -0.3 is 20.1 Å². The Morgan fingerprint density at radius 1 is 1.14 bits per heavy atom. The van der Waals surface area contributed by atoms with Crippen LogP contribution in [0.4, 0.5) is 4.79 Å². The molecule has 0 fully saturated rings. The van der Waals surface area contributed by atoms with E-state index in [4.69, 9.17) is 9.47 Å². The van der Waals surface area contributed by atoms with Crippen LogP contribution in [0.2, 0.25) is 0 Å². The molecular formula is C15H22N2O4. The van der Waals surface area contributed by atoms with Crippen LogP contribution < -0.4 is 15.4 Å². The molecule has 2 amide bonds. The van der Waals surface area contributed by atoms with Crippen molar-refractivity contribution < 1.29 is 19.1 Å². The molecule has 0 atom stereocenters. The van der Waals surface area contributed by atoms with Gasteiger partial charge in [0, 0.05) is 13.1 Å². The molecule has 0 spiro atoms. The predicted molar refractivity (Wildman–Crippen MR) is 79.5 cm³/mol. The highest BCUT2D eigenvalue weighted by molar-refractivity contribution is 5.96. The maximum Gasteiger partial charge on any atom is 0.407 e. The Morgan fingerprint density at radius 2 is 1.81 bits per heavy atom. The van der Waals surface area contributed by atoms with Crippen molar-refractivity contribution in [3.05, 3.63) is 29.8 Å². The van der Waals surface area contributed by atoms with E-state index in [1.807, 2.05) is 13.8 Å². The summed E-state index contributed by atoms with van der Waals surface area (Å²) in [6.07, 6.45) is -0.477. The number of hydrogen-bond donors (Lipinski definition) is 2. The van der Waals surface area contributed by atoms with Crippen LogP contribution in [-0.4, -0.2) is 38.8 Å². The molecule has 0 aliphatic heterocycles. The molecule has 1 aromatic rings. The number of methoxy groups -OCH3 is 1. The first-order valence-electron chi connectivity index (χ1n) is 6.86. The second-order valence-electron chi connectivity index (χ2n) is 4.88. The molecule has 0 heterocycles. The van der Waals surface area contributed by atoms with Crippen molar-refractivity contribution in [3.8, 4) is 5.75 Å². The molecule has 6 nitrogen and oxygen atoms in total. The number of ether oxygens (including phenoxy) is 2. The summed E-state index contributed by atoms with van der Waals surface area (Å²) in [5.41, 5.74) is 0.461. The lowest BCUT2D eigenvalue weighted by Gasteiger charge is -2.10. The Kier molecular flexibility index (Phi) is 7.08. The topological polar surface area (TPSA) is 76.7 Å². The van der Waals surface area contributed by atoms with Gasteiger partial charge in [0.15, 0.2) is 0 Å². The van der Waals surface area contributed by atoms with Gasteiger partial charge in [-0.2, -0.15) is 0 Å². The Balaban J connectivity index is 2.29. The van der Waals surface area contributed by atoms with Crippen molar-refractivity contribution in [2.45, 2.75) is 13.8 Å². The normalized spacial score (nSPS) is 10.1. The van der Waals surface area contributed by atoms with Crippen molar-refractivity contribution in [1.29, 1.82) is 0 Å². The number of carbonyl (C=O) groups is 2. The monoisotopic (exact) mass is 294 g/mol. The number of rotatable bonds is 7. The Hall–Kier alpha value is -2.24. The van der Waals surface area contributed by atoms with Gasteiger partial charge in [-0.15, -0.1) is 0 Å². The fourth-order valence-corrected chi connectivity index (χ4v) is 1.56. The first-order chi connectivity index (χ1) is 10.0. The van der Waals surface area contributed by atoms with Crippen LogP contribution in [-0.2, 0) is 4.74 Å². The summed E-state index contributed by atoms with van der Waals surface area (Å²) in [5, 5.41) is 5.27. The highest BCUT2D eigenvalue weighted by Gasteiger charge is 2.10. The van der Waals surface area contributed by atoms with Gasteiger partial charge in [-0.05, 0) is 18.1 Å². The van der Waals surface area contributed by atoms with Crippen molar-refractivity contribution >= 4 is 12.0 Å². The molecule has 0 unspecified atom stereocenters. The molecule has 116 valence electrons. The molecule has 1 aromatic carbocycles. The van der Waals surface area contributed by atoms with Crippen LogP contribution in [0, 0.1) is 5.92 Å². The third-order valence-corrected chi connectivity index (χ3v) is 2.58. The number of benzene rings is 1. The van der Waals surface area contributed by atoms with Crippen molar-refractivity contribution in [2.24, 2.45) is 5.92 Å². The Morgan fingerprint density at radius 3 is 2.48 bits per heavy atom. The van der Waals surface area contributed by atoms with E-state index in [1.54, 1.807) is 24.3 Å². The average molecular weight is 294 g/mol. The van der Waals surface area contributed by atoms with Gasteiger partial charge in [0.2, 0.25) is 0 Å². The highest BCUT2D eigenvalue weighted by atomic mass is 16.5. The van der Waals surface area contributed by atoms with E-state index in [9.17, 15) is 9.59 Å². The summed E-state index contributed by atoms with van der Waals surface area (Å²) in [5.74, 6) is 0.560. The molecule has 1 rings (SSSR count). The van der Waals surface area contributed by atoms with Gasteiger partial charge in [0.25, 0.3) is 5.91 Å². The third-order valence-electron chi connectivity index (χ3n) is 2.58. The standard InChI is InChI=1S/C15H22N2O4/c1-11(2)10-21-15(19)17-9-8-16-14(18)12-6-4-5-7-13(12)20-3/h4-7,11H,8-10H2,1-3H3,(H,16,18)(H,17,19). The van der Waals surface area contributed by atoms with Crippen LogP contribution in [0.3, 0.4) is 0 Å². The molecule has 0 radical (unpaired) electrons. The maximum absolute atomic E-state index is 11.9. The summed E-state index contributed by atoms with van der Waals surface area (Å²) in [7, 11) is 1.51. The third kappa shape index (κ3) is 6.16. The zero-order chi connectivity index (χ0) is 15.7. The zero-order valence-electron chi connectivity index (χ0n) is 12.6. The van der Waals surface area contributed by atoms with E-state index < -0.39 is 6.09 Å². The second-order valence-corrected chi connectivity index (χ2v) is 4.88. The van der Waals surface area contributed by atoms with E-state index >= 15 is 0 Å². The molecule has 6 heteroatoms. The van der Waals surface area contributed by atoms with E-state index in [0.29, 0.717) is 36.9 Å². The molecule has 0 aromatic heterocycles. The van der Waals surface area contributed by atoms with Crippen molar-refractivity contribution in [2.75, 3.05) is 26.8 Å². The average Bonchev–Trinajstić information content (AvgIpc) is 2.49. The minimum Gasteiger partial charge on any atom is -0.496 e. The van der Waals surface area contributed by atoms with Gasteiger partial charge in [-0.3, -0.25) is 4.79 Å². The highest BCUT2D eigenvalue weighted by Crippen LogP contribution is 2.16. The number of alkyl carbamates (subject to hydrolysis) is 1. The zero-order valence-corrected chi connectivity index (χ0v) is 12.6. The number of hydrogen-bond acceptors (Lipinski definition) is 4. The summed E-state index contributed by atoms with van der Waals surface area (Å²) < 4.78 is 10.1. The number of para-hydroxylation sites is 1. The smallest absolute Gasteiger partial charge is 0.407 e. The first kappa shape index (κ1) is 16.8. The predicted octanol–water partition coefficient (Wildman–Crippen LogP) is 1.81. The first-order valence-corrected chi connectivity index (χ1v) is 6.86. The summed E-state index contributed by atoms with van der Waals surface area (Å²) in [6.45, 7) is 4.91. The van der Waals surface area contributed by atoms with Gasteiger partial charge in [0.05, 0.1) is 19.3 Å². The number of carbonyl (C=O) groups excluding carboxylic acids is 2. The molecule has 0 aliphatic carbocycles. The molecule has 0 bridgehead atoms. The van der Waals surface area contributed by atoms with Crippen LogP contribution in [0.15, 0.2) is 24.3 Å². The lowest BCUT2D eigenvalue weighted by atomic mass is 10.2. The fraction of sp³-hybridized carbons (Fsp3) is 0.467. The van der Waals surface area contributed by atoms with E-state index in [2.05, 4.69) is 10.6 Å². The Bertz CT molecular complexity index is 474. The van der Waals surface area contributed by atoms with Crippen molar-refractivity contribution in [1.82, 2.24) is 10.6 Å². The van der Waals surface area contributed by atoms with Crippen molar-refractivity contribution in [3.63, 3.8) is 0 Å². The molecule has 21 heavy (non-hydrogen) atoms. The fourth-order valence-electron chi connectivity index (χ4n) is 1.56. The van der Waals surface area contributed by atoms with Gasteiger partial charge >= 0.3 is 6.09 Å². The molecule has 0 aliphatic rings. The van der Waals surface area contributed by atoms with Crippen LogP contribution in [0.5, 0.6) is 5.75 Å². The molecular weight excluding hydrogens is 272 g/mol. The van der Waals surface area contributed by atoms with E-state index in [0.717, 1.165) is 0 Å². The lowest BCUT2D eigenvalue weighted by Crippen LogP contribution is -2.35. The van der Waals surface area contributed by atoms with Crippen LogP contribution >= 0.6 is 0 Å². The summed E-state index contributed by atoms with van der Waals surface area (Å²) >= 11 is 0. The van der Waals surface area contributed by atoms with Gasteiger partial charge in [0.1, 0.15) is 5.75 Å². The van der Waals surface area contributed by atoms with E-state index in [-0.39, 0.29) is 5.91 Å². The van der Waals surface area contributed by atoms with E-state index in [1.165, 1.54) is 7.11 Å². The number of amides is 2. The second kappa shape index (κ2) is 8.84. The number of nitrogens with one attached hydrogen (secondary N) is 2. The largest absolute Gasteiger partial charge is 0.496 e. The maximum atomic E-state index is 11.9. The molecule has 0 saturated heterocycles. The quantitative estimate of drug-likeness (QED) is 0.752. The minimum atomic E-state index is -0.477. The van der Waals surface area contributed by atoms with Gasteiger partial charge in [-0.25, -0.2) is 4.79 Å². The molecule has 0 saturated carbocycles. The molecule has 2 N–H and O–H groups in total. The van der Waals surface area contributed by atoms with Crippen LogP contribution in [0.25, 0.3) is 0 Å². The van der Waals surface area contributed by atoms with Crippen LogP contribution in [0.1, 0.15) is 24.2 Å². The lowest BCUT2D eigenvalue weighted by molar-refractivity contribution is 0.0948. The minimum absolute atomic E-state index is 0.246. The SMILES string of the molecule is COc1ccccc1C(=O)NCCNC(=O)OCC(C)C. The summed E-state index contributed by atoms with van der Waals surface area (Å²) in [4.78, 5) is 23.2. The Labute approximate surface area is 124 Å². The van der Waals surface area contributed by atoms with Gasteiger partial charge in [-0.1, -0.05) is 26.0 Å².